The quantitative estimate of drug-likeness (QED) is 0.738. The molecular weight excluding hydrogens is 232 g/mol. The molecule has 2 aromatic heterocycles. The van der Waals surface area contributed by atoms with Crippen molar-refractivity contribution in [3.05, 3.63) is 6.20 Å². The predicted molar refractivity (Wildman–Crippen MR) is 68.1 cm³/mol. The molecule has 7 heteroatoms. The van der Waals surface area contributed by atoms with Gasteiger partial charge in [0, 0.05) is 19.8 Å². The Hall–Kier alpha value is -1.89. The summed E-state index contributed by atoms with van der Waals surface area (Å²) in [6.07, 6.45) is 3.92. The molecule has 0 spiro atoms. The molecule has 0 bridgehead atoms. The van der Waals surface area contributed by atoms with Crippen LogP contribution in [0.15, 0.2) is 6.20 Å². The van der Waals surface area contributed by atoms with Gasteiger partial charge in [0.15, 0.2) is 5.65 Å². The standard InChI is InChI=1S/C11H16N6O/c12-11-15-9(8-5-14-17-10(8)16-11)13-3-1-7-2-4-18-6-7/h5,7H,1-4,6H2,(H4,12,13,14,15,16,17). The maximum Gasteiger partial charge on any atom is 0.224 e. The number of nitrogen functional groups attached to an aromatic ring is 1. The highest BCUT2D eigenvalue weighted by molar-refractivity contribution is 5.86. The van der Waals surface area contributed by atoms with Crippen LogP contribution in [0.5, 0.6) is 0 Å². The molecule has 1 unspecified atom stereocenters. The van der Waals surface area contributed by atoms with Gasteiger partial charge in [-0.1, -0.05) is 0 Å². The highest BCUT2D eigenvalue weighted by Crippen LogP contribution is 2.20. The van der Waals surface area contributed by atoms with Crippen molar-refractivity contribution in [3.8, 4) is 0 Å². The molecule has 0 amide bonds. The summed E-state index contributed by atoms with van der Waals surface area (Å²) in [6.45, 7) is 2.61. The molecule has 0 saturated carbocycles. The van der Waals surface area contributed by atoms with Crippen molar-refractivity contribution in [1.29, 1.82) is 0 Å². The summed E-state index contributed by atoms with van der Waals surface area (Å²) in [4.78, 5) is 8.27. The van der Waals surface area contributed by atoms with Crippen molar-refractivity contribution in [2.45, 2.75) is 12.8 Å². The molecule has 2 aromatic rings. The van der Waals surface area contributed by atoms with E-state index < -0.39 is 0 Å². The number of anilines is 2. The van der Waals surface area contributed by atoms with Gasteiger partial charge in [0.2, 0.25) is 5.95 Å². The lowest BCUT2D eigenvalue weighted by Gasteiger charge is -2.09. The number of rotatable bonds is 4. The smallest absolute Gasteiger partial charge is 0.224 e. The fourth-order valence-corrected chi connectivity index (χ4v) is 2.19. The zero-order chi connectivity index (χ0) is 12.4. The molecule has 3 rings (SSSR count). The van der Waals surface area contributed by atoms with E-state index in [9.17, 15) is 0 Å². The van der Waals surface area contributed by atoms with Crippen LogP contribution in [0, 0.1) is 5.92 Å². The molecule has 3 heterocycles. The van der Waals surface area contributed by atoms with E-state index in [-0.39, 0.29) is 5.95 Å². The van der Waals surface area contributed by atoms with Gasteiger partial charge < -0.3 is 15.8 Å². The SMILES string of the molecule is Nc1nc(NCCC2CCOC2)c2cn[nH]c2n1. The van der Waals surface area contributed by atoms with E-state index in [4.69, 9.17) is 10.5 Å². The van der Waals surface area contributed by atoms with Crippen LogP contribution in [0.1, 0.15) is 12.8 Å². The topological polar surface area (TPSA) is 102 Å². The Kier molecular flexibility index (Phi) is 2.97. The number of hydrogen-bond acceptors (Lipinski definition) is 6. The van der Waals surface area contributed by atoms with Crippen molar-refractivity contribution < 1.29 is 4.74 Å². The lowest BCUT2D eigenvalue weighted by atomic mass is 10.1. The molecule has 18 heavy (non-hydrogen) atoms. The van der Waals surface area contributed by atoms with Crippen LogP contribution in [0.25, 0.3) is 11.0 Å². The molecule has 0 radical (unpaired) electrons. The van der Waals surface area contributed by atoms with Crippen LogP contribution in [0.2, 0.25) is 0 Å². The molecule has 96 valence electrons. The van der Waals surface area contributed by atoms with E-state index in [1.807, 2.05) is 0 Å². The van der Waals surface area contributed by atoms with Crippen molar-refractivity contribution in [2.24, 2.45) is 5.92 Å². The van der Waals surface area contributed by atoms with Gasteiger partial charge in [-0.3, -0.25) is 5.10 Å². The molecule has 0 aliphatic carbocycles. The molecule has 0 aromatic carbocycles. The van der Waals surface area contributed by atoms with Gasteiger partial charge in [-0.2, -0.15) is 15.1 Å². The maximum atomic E-state index is 5.65. The monoisotopic (exact) mass is 248 g/mol. The third-order valence-electron chi connectivity index (χ3n) is 3.20. The molecule has 4 N–H and O–H groups in total. The van der Waals surface area contributed by atoms with Crippen molar-refractivity contribution in [2.75, 3.05) is 30.8 Å². The summed E-state index contributed by atoms with van der Waals surface area (Å²) >= 11 is 0. The molecule has 1 aliphatic rings. The van der Waals surface area contributed by atoms with E-state index in [0.717, 1.165) is 43.8 Å². The van der Waals surface area contributed by atoms with Crippen LogP contribution in [0.3, 0.4) is 0 Å². The largest absolute Gasteiger partial charge is 0.381 e. The Labute approximate surface area is 104 Å². The van der Waals surface area contributed by atoms with Crippen LogP contribution in [0.4, 0.5) is 11.8 Å². The normalized spacial score (nSPS) is 19.4. The third-order valence-corrected chi connectivity index (χ3v) is 3.20. The lowest BCUT2D eigenvalue weighted by molar-refractivity contribution is 0.185. The second-order valence-corrected chi connectivity index (χ2v) is 4.51. The first kappa shape index (κ1) is 11.2. The van der Waals surface area contributed by atoms with Gasteiger partial charge in [-0.15, -0.1) is 0 Å². The fourth-order valence-electron chi connectivity index (χ4n) is 2.19. The van der Waals surface area contributed by atoms with E-state index in [2.05, 4.69) is 25.5 Å². The molecule has 1 saturated heterocycles. The van der Waals surface area contributed by atoms with Crippen LogP contribution >= 0.6 is 0 Å². The minimum absolute atomic E-state index is 0.249. The molecule has 1 atom stereocenters. The molecule has 1 fully saturated rings. The summed E-state index contributed by atoms with van der Waals surface area (Å²) in [5, 5.41) is 10.9. The maximum absolute atomic E-state index is 5.65. The van der Waals surface area contributed by atoms with Crippen molar-refractivity contribution in [1.82, 2.24) is 20.2 Å². The van der Waals surface area contributed by atoms with Gasteiger partial charge in [0.25, 0.3) is 0 Å². The number of H-pyrrole nitrogens is 1. The van der Waals surface area contributed by atoms with E-state index in [1.54, 1.807) is 6.20 Å². The van der Waals surface area contributed by atoms with Gasteiger partial charge in [-0.05, 0) is 18.8 Å². The van der Waals surface area contributed by atoms with Crippen LogP contribution in [-0.4, -0.2) is 39.9 Å². The number of aromatic amines is 1. The molecular formula is C11H16N6O. The summed E-state index contributed by atoms with van der Waals surface area (Å²) in [5.41, 5.74) is 6.31. The molecule has 7 nitrogen and oxygen atoms in total. The fraction of sp³-hybridized carbons (Fsp3) is 0.545. The Bertz CT molecular complexity index is 533. The number of fused-ring (bicyclic) bond motifs is 1. The summed E-state index contributed by atoms with van der Waals surface area (Å²) in [6, 6.07) is 0. The van der Waals surface area contributed by atoms with E-state index in [1.165, 1.54) is 0 Å². The Morgan fingerprint density at radius 2 is 2.44 bits per heavy atom. The number of nitrogens with zero attached hydrogens (tertiary/aromatic N) is 3. The first-order valence-electron chi connectivity index (χ1n) is 6.11. The van der Waals surface area contributed by atoms with E-state index in [0.29, 0.717) is 11.6 Å². The zero-order valence-corrected chi connectivity index (χ0v) is 10.0. The first-order valence-corrected chi connectivity index (χ1v) is 6.11. The van der Waals surface area contributed by atoms with Gasteiger partial charge >= 0.3 is 0 Å². The number of ether oxygens (including phenoxy) is 1. The Morgan fingerprint density at radius 1 is 1.50 bits per heavy atom. The molecule has 1 aliphatic heterocycles. The van der Waals surface area contributed by atoms with Gasteiger partial charge in [0.1, 0.15) is 5.82 Å². The second-order valence-electron chi connectivity index (χ2n) is 4.51. The summed E-state index contributed by atoms with van der Waals surface area (Å²) in [5.74, 6) is 1.64. The zero-order valence-electron chi connectivity index (χ0n) is 10.0. The number of aromatic nitrogens is 4. The van der Waals surface area contributed by atoms with Gasteiger partial charge in [-0.25, -0.2) is 0 Å². The Balaban J connectivity index is 1.67. The van der Waals surface area contributed by atoms with Crippen molar-refractivity contribution in [3.63, 3.8) is 0 Å². The van der Waals surface area contributed by atoms with Gasteiger partial charge in [0.05, 0.1) is 11.6 Å². The third kappa shape index (κ3) is 2.21. The number of hydrogen-bond donors (Lipinski definition) is 3. The Morgan fingerprint density at radius 3 is 3.28 bits per heavy atom. The lowest BCUT2D eigenvalue weighted by Crippen LogP contribution is -2.11. The average molecular weight is 248 g/mol. The minimum atomic E-state index is 0.249. The minimum Gasteiger partial charge on any atom is -0.381 e. The second kappa shape index (κ2) is 4.77. The summed E-state index contributed by atoms with van der Waals surface area (Å²) < 4.78 is 5.35. The number of nitrogens with one attached hydrogen (secondary N) is 2. The highest BCUT2D eigenvalue weighted by atomic mass is 16.5. The van der Waals surface area contributed by atoms with E-state index >= 15 is 0 Å². The van der Waals surface area contributed by atoms with Crippen LogP contribution in [-0.2, 0) is 4.74 Å². The van der Waals surface area contributed by atoms with Crippen LogP contribution < -0.4 is 11.1 Å². The number of nitrogens with two attached hydrogens (primary N) is 1. The van der Waals surface area contributed by atoms with Crippen molar-refractivity contribution >= 4 is 22.8 Å². The first-order chi connectivity index (χ1) is 8.83. The summed E-state index contributed by atoms with van der Waals surface area (Å²) in [7, 11) is 0. The highest BCUT2D eigenvalue weighted by Gasteiger charge is 2.15. The predicted octanol–water partition coefficient (Wildman–Crippen LogP) is 0.774. The average Bonchev–Trinajstić information content (AvgIpc) is 2.98.